The molecule has 0 saturated carbocycles. The predicted molar refractivity (Wildman–Crippen MR) is 83.3 cm³/mol. The van der Waals surface area contributed by atoms with E-state index in [0.29, 0.717) is 18.4 Å². The van der Waals surface area contributed by atoms with E-state index in [1.54, 1.807) is 0 Å². The van der Waals surface area contributed by atoms with E-state index in [2.05, 4.69) is 27.7 Å². The highest BCUT2D eigenvalue weighted by Gasteiger charge is 2.26. The standard InChI is InChI=1S/C18H28O2/c1-5-14(3)12-17(15(4)6-2)18(19)20-13-16-10-8-7-9-11-16/h7-11,14-15,17H,5-6,12-13H2,1-4H3. The van der Waals surface area contributed by atoms with Crippen LogP contribution in [-0.4, -0.2) is 5.97 Å². The van der Waals surface area contributed by atoms with Gasteiger partial charge < -0.3 is 4.74 Å². The molecule has 3 unspecified atom stereocenters. The van der Waals surface area contributed by atoms with Gasteiger partial charge in [-0.2, -0.15) is 0 Å². The zero-order chi connectivity index (χ0) is 15.0. The highest BCUT2D eigenvalue weighted by molar-refractivity contribution is 5.72. The number of carbonyl (C=O) groups excluding carboxylic acids is 1. The van der Waals surface area contributed by atoms with Crippen LogP contribution in [0.1, 0.15) is 52.5 Å². The van der Waals surface area contributed by atoms with Crippen molar-refractivity contribution in [1.29, 1.82) is 0 Å². The summed E-state index contributed by atoms with van der Waals surface area (Å²) in [6, 6.07) is 9.87. The summed E-state index contributed by atoms with van der Waals surface area (Å²) in [5, 5.41) is 0. The molecule has 0 aliphatic heterocycles. The molecule has 0 N–H and O–H groups in total. The van der Waals surface area contributed by atoms with Crippen LogP contribution in [0.4, 0.5) is 0 Å². The molecule has 0 amide bonds. The fraction of sp³-hybridized carbons (Fsp3) is 0.611. The van der Waals surface area contributed by atoms with Crippen molar-refractivity contribution in [2.45, 2.75) is 53.6 Å². The van der Waals surface area contributed by atoms with Gasteiger partial charge in [-0.05, 0) is 23.8 Å². The molecule has 0 aromatic heterocycles. The molecule has 1 aromatic carbocycles. The molecule has 112 valence electrons. The summed E-state index contributed by atoms with van der Waals surface area (Å²) in [6.07, 6.45) is 3.06. The van der Waals surface area contributed by atoms with Gasteiger partial charge in [0.25, 0.3) is 0 Å². The van der Waals surface area contributed by atoms with Crippen LogP contribution >= 0.6 is 0 Å². The Kier molecular flexibility index (Phi) is 7.35. The Morgan fingerprint density at radius 2 is 1.75 bits per heavy atom. The van der Waals surface area contributed by atoms with Crippen LogP contribution in [0.15, 0.2) is 30.3 Å². The van der Waals surface area contributed by atoms with Gasteiger partial charge in [0.2, 0.25) is 0 Å². The summed E-state index contributed by atoms with van der Waals surface area (Å²) in [5.74, 6) is 0.938. The summed E-state index contributed by atoms with van der Waals surface area (Å²) in [5.41, 5.74) is 1.05. The number of carbonyl (C=O) groups is 1. The van der Waals surface area contributed by atoms with E-state index in [0.717, 1.165) is 24.8 Å². The molecule has 20 heavy (non-hydrogen) atoms. The molecular weight excluding hydrogens is 248 g/mol. The quantitative estimate of drug-likeness (QED) is 0.636. The molecule has 0 saturated heterocycles. The summed E-state index contributed by atoms with van der Waals surface area (Å²) in [6.45, 7) is 9.05. The zero-order valence-electron chi connectivity index (χ0n) is 13.3. The Hall–Kier alpha value is -1.31. The fourth-order valence-electron chi connectivity index (χ4n) is 2.28. The number of hydrogen-bond acceptors (Lipinski definition) is 2. The molecule has 2 nitrogen and oxygen atoms in total. The minimum absolute atomic E-state index is 0.0265. The lowest BCUT2D eigenvalue weighted by Crippen LogP contribution is -2.26. The van der Waals surface area contributed by atoms with Crippen LogP contribution in [0.25, 0.3) is 0 Å². The number of hydrogen-bond donors (Lipinski definition) is 0. The Bertz CT molecular complexity index is 386. The van der Waals surface area contributed by atoms with Crippen molar-refractivity contribution < 1.29 is 9.53 Å². The molecule has 0 fully saturated rings. The van der Waals surface area contributed by atoms with Gasteiger partial charge in [-0.1, -0.05) is 70.9 Å². The Balaban J connectivity index is 2.58. The second-order valence-corrected chi connectivity index (χ2v) is 5.83. The topological polar surface area (TPSA) is 26.3 Å². The summed E-state index contributed by atoms with van der Waals surface area (Å²) >= 11 is 0. The minimum Gasteiger partial charge on any atom is -0.461 e. The average molecular weight is 276 g/mol. The van der Waals surface area contributed by atoms with E-state index >= 15 is 0 Å². The number of rotatable bonds is 8. The minimum atomic E-state index is -0.0384. The lowest BCUT2D eigenvalue weighted by molar-refractivity contribution is -0.152. The first kappa shape index (κ1) is 16.7. The molecule has 2 heteroatoms. The third kappa shape index (κ3) is 5.36. The molecule has 0 radical (unpaired) electrons. The maximum Gasteiger partial charge on any atom is 0.309 e. The monoisotopic (exact) mass is 276 g/mol. The van der Waals surface area contributed by atoms with Gasteiger partial charge in [0.15, 0.2) is 0 Å². The predicted octanol–water partition coefficient (Wildman–Crippen LogP) is 4.83. The van der Waals surface area contributed by atoms with E-state index in [9.17, 15) is 4.79 Å². The summed E-state index contributed by atoms with van der Waals surface area (Å²) in [7, 11) is 0. The summed E-state index contributed by atoms with van der Waals surface area (Å²) < 4.78 is 5.52. The van der Waals surface area contributed by atoms with Crippen LogP contribution < -0.4 is 0 Å². The van der Waals surface area contributed by atoms with E-state index in [1.165, 1.54) is 0 Å². The van der Waals surface area contributed by atoms with Crippen molar-refractivity contribution in [2.75, 3.05) is 0 Å². The molecule has 0 aliphatic rings. The summed E-state index contributed by atoms with van der Waals surface area (Å²) in [4.78, 5) is 12.3. The van der Waals surface area contributed by atoms with E-state index in [1.807, 2.05) is 30.3 Å². The van der Waals surface area contributed by atoms with Crippen molar-refractivity contribution in [1.82, 2.24) is 0 Å². The smallest absolute Gasteiger partial charge is 0.309 e. The molecular formula is C18H28O2. The average Bonchev–Trinajstić information content (AvgIpc) is 2.50. The largest absolute Gasteiger partial charge is 0.461 e. The molecule has 3 atom stereocenters. The number of esters is 1. The van der Waals surface area contributed by atoms with Gasteiger partial charge in [0, 0.05) is 0 Å². The van der Waals surface area contributed by atoms with Gasteiger partial charge in [-0.25, -0.2) is 0 Å². The van der Waals surface area contributed by atoms with Crippen LogP contribution in [0.5, 0.6) is 0 Å². The molecule has 0 aliphatic carbocycles. The number of benzene rings is 1. The van der Waals surface area contributed by atoms with Crippen LogP contribution in [0, 0.1) is 17.8 Å². The van der Waals surface area contributed by atoms with Gasteiger partial charge in [-0.3, -0.25) is 4.79 Å². The molecule has 0 bridgehead atoms. The van der Waals surface area contributed by atoms with E-state index in [-0.39, 0.29) is 11.9 Å². The molecule has 0 heterocycles. The molecule has 1 aromatic rings. The zero-order valence-corrected chi connectivity index (χ0v) is 13.3. The van der Waals surface area contributed by atoms with Crippen molar-refractivity contribution in [3.8, 4) is 0 Å². The van der Waals surface area contributed by atoms with E-state index in [4.69, 9.17) is 4.74 Å². The van der Waals surface area contributed by atoms with Gasteiger partial charge in [-0.15, -0.1) is 0 Å². The fourth-order valence-corrected chi connectivity index (χ4v) is 2.28. The third-order valence-electron chi connectivity index (χ3n) is 4.21. The third-order valence-corrected chi connectivity index (χ3v) is 4.21. The highest BCUT2D eigenvalue weighted by Crippen LogP contribution is 2.26. The lowest BCUT2D eigenvalue weighted by Gasteiger charge is -2.24. The Labute approximate surface area is 123 Å². The first-order valence-electron chi connectivity index (χ1n) is 7.79. The second-order valence-electron chi connectivity index (χ2n) is 5.83. The van der Waals surface area contributed by atoms with Crippen molar-refractivity contribution in [3.63, 3.8) is 0 Å². The van der Waals surface area contributed by atoms with Crippen molar-refractivity contribution in [2.24, 2.45) is 17.8 Å². The normalized spacial score (nSPS) is 15.4. The lowest BCUT2D eigenvalue weighted by atomic mass is 9.84. The Morgan fingerprint density at radius 1 is 1.10 bits per heavy atom. The van der Waals surface area contributed by atoms with Crippen molar-refractivity contribution >= 4 is 5.97 Å². The van der Waals surface area contributed by atoms with Gasteiger partial charge in [0.05, 0.1) is 5.92 Å². The first-order chi connectivity index (χ1) is 9.58. The number of ether oxygens (including phenoxy) is 1. The van der Waals surface area contributed by atoms with Gasteiger partial charge in [0.1, 0.15) is 6.61 Å². The highest BCUT2D eigenvalue weighted by atomic mass is 16.5. The first-order valence-corrected chi connectivity index (χ1v) is 7.79. The van der Waals surface area contributed by atoms with Crippen LogP contribution in [0.3, 0.4) is 0 Å². The SMILES string of the molecule is CCC(C)CC(C(=O)OCc1ccccc1)C(C)CC. The van der Waals surface area contributed by atoms with Gasteiger partial charge >= 0.3 is 5.97 Å². The maximum absolute atomic E-state index is 12.3. The second kappa shape index (κ2) is 8.78. The van der Waals surface area contributed by atoms with Crippen molar-refractivity contribution in [3.05, 3.63) is 35.9 Å². The van der Waals surface area contributed by atoms with Crippen LogP contribution in [-0.2, 0) is 16.1 Å². The Morgan fingerprint density at radius 3 is 2.30 bits per heavy atom. The maximum atomic E-state index is 12.3. The van der Waals surface area contributed by atoms with E-state index < -0.39 is 0 Å². The molecule has 1 rings (SSSR count). The molecule has 0 spiro atoms. The van der Waals surface area contributed by atoms with Crippen LogP contribution in [0.2, 0.25) is 0 Å².